The first-order chi connectivity index (χ1) is 5.63. The molecule has 0 aliphatic carbocycles. The van der Waals surface area contributed by atoms with Crippen LogP contribution < -0.4 is 11.3 Å². The number of rotatable bonds is 2. The number of hydrogen-bond acceptors (Lipinski definition) is 4. The van der Waals surface area contributed by atoms with E-state index in [1.54, 1.807) is 0 Å². The van der Waals surface area contributed by atoms with E-state index in [0.717, 1.165) is 4.48 Å². The molecule has 0 aromatic carbocycles. The maximum Gasteiger partial charge on any atom is 0.328 e. The Morgan fingerprint density at radius 1 is 1.14 bits per heavy atom. The monoisotopic (exact) mass is 206 g/mol. The van der Waals surface area contributed by atoms with E-state index in [9.17, 15) is 14.7 Å². The van der Waals surface area contributed by atoms with Crippen LogP contribution in [0.5, 0.6) is 0 Å². The van der Waals surface area contributed by atoms with Crippen LogP contribution in [-0.4, -0.2) is 49.7 Å². The molecule has 0 saturated carbocycles. The molecule has 0 aliphatic rings. The average molecular weight is 206 g/mol. The Hall–Kier alpha value is -1.40. The molecule has 84 valence electrons. The van der Waals surface area contributed by atoms with Crippen LogP contribution in [0, 0.1) is 0 Å². The van der Waals surface area contributed by atoms with Crippen molar-refractivity contribution in [2.45, 2.75) is 0 Å². The van der Waals surface area contributed by atoms with Gasteiger partial charge in [-0.3, -0.25) is 0 Å². The predicted molar refractivity (Wildman–Crippen MR) is 50.8 cm³/mol. The molecule has 0 spiro atoms. The summed E-state index contributed by atoms with van der Waals surface area (Å²) >= 11 is 0. The Labute approximate surface area is 83.6 Å². The van der Waals surface area contributed by atoms with Crippen molar-refractivity contribution in [3.05, 3.63) is 12.2 Å². The van der Waals surface area contributed by atoms with Gasteiger partial charge < -0.3 is 25.6 Å². The minimum absolute atomic E-state index is 0. The lowest BCUT2D eigenvalue weighted by atomic mass is 10.5. The average Bonchev–Trinajstić information content (AvgIpc) is 1.79. The van der Waals surface area contributed by atoms with E-state index in [4.69, 9.17) is 5.11 Å². The molecule has 0 aromatic heterocycles. The number of quaternary nitrogens is 1. The molecule has 0 radical (unpaired) electrons. The lowest BCUT2D eigenvalue weighted by molar-refractivity contribution is -0.849. The molecule has 0 heterocycles. The van der Waals surface area contributed by atoms with Crippen LogP contribution in [0.2, 0.25) is 0 Å². The molecule has 0 bridgehead atoms. The topological polar surface area (TPSA) is 112 Å². The van der Waals surface area contributed by atoms with Crippen molar-refractivity contribution in [1.82, 2.24) is 6.15 Å². The molecule has 0 amide bonds. The highest BCUT2D eigenvalue weighted by molar-refractivity contribution is 5.88. The number of carboxylic acids is 2. The number of nitrogens with zero attached hydrogens (tertiary/aromatic N) is 1. The summed E-state index contributed by atoms with van der Waals surface area (Å²) in [4.78, 5) is 19.0. The Balaban J connectivity index is -0.000000177. The van der Waals surface area contributed by atoms with Crippen LogP contribution in [0.4, 0.5) is 0 Å². The number of carbonyl (C=O) groups excluding carboxylic acids is 1. The van der Waals surface area contributed by atoms with E-state index in [1.807, 2.05) is 0 Å². The maximum absolute atomic E-state index is 9.53. The van der Waals surface area contributed by atoms with Gasteiger partial charge in [0.25, 0.3) is 0 Å². The Morgan fingerprint density at radius 3 is 1.50 bits per heavy atom. The molecule has 14 heavy (non-hydrogen) atoms. The highest BCUT2D eigenvalue weighted by Gasteiger charge is 1.88. The highest BCUT2D eigenvalue weighted by atomic mass is 16.4. The second-order valence-corrected chi connectivity index (χ2v) is 3.67. The molecular formula is C8H18N2O4. The summed E-state index contributed by atoms with van der Waals surface area (Å²) < 4.78 is 1.00. The SMILES string of the molecule is C[N+](C)(C)C.N.O=C([O-])/C=C\C(=O)O. The molecular weight excluding hydrogens is 188 g/mol. The molecule has 0 aromatic rings. The zero-order valence-corrected chi connectivity index (χ0v) is 8.98. The molecule has 0 atom stereocenters. The normalized spacial score (nSPS) is 9.71. The van der Waals surface area contributed by atoms with E-state index < -0.39 is 11.9 Å². The van der Waals surface area contributed by atoms with Crippen molar-refractivity contribution in [2.75, 3.05) is 28.2 Å². The van der Waals surface area contributed by atoms with Crippen LogP contribution in [0.3, 0.4) is 0 Å². The minimum atomic E-state index is -1.51. The Morgan fingerprint density at radius 2 is 1.43 bits per heavy atom. The molecule has 0 fully saturated rings. The molecule has 6 heteroatoms. The van der Waals surface area contributed by atoms with Gasteiger partial charge in [-0.15, -0.1) is 0 Å². The third-order valence-electron chi connectivity index (χ3n) is 0.362. The van der Waals surface area contributed by atoms with E-state index in [-0.39, 0.29) is 6.15 Å². The van der Waals surface area contributed by atoms with Crippen LogP contribution >= 0.6 is 0 Å². The van der Waals surface area contributed by atoms with Crippen molar-refractivity contribution >= 4 is 11.9 Å². The fraction of sp³-hybridized carbons (Fsp3) is 0.500. The van der Waals surface area contributed by atoms with Gasteiger partial charge in [0.1, 0.15) is 0 Å². The van der Waals surface area contributed by atoms with Crippen molar-refractivity contribution in [3.8, 4) is 0 Å². The number of carbonyl (C=O) groups is 2. The van der Waals surface area contributed by atoms with Gasteiger partial charge in [-0.1, -0.05) is 0 Å². The number of aliphatic carboxylic acids is 2. The molecule has 0 unspecified atom stereocenters. The van der Waals surface area contributed by atoms with Gasteiger partial charge in [-0.05, 0) is 6.08 Å². The fourth-order valence-electron chi connectivity index (χ4n) is 0.139. The van der Waals surface area contributed by atoms with Crippen molar-refractivity contribution < 1.29 is 24.3 Å². The Bertz CT molecular complexity index is 184. The summed E-state index contributed by atoms with van der Waals surface area (Å²) in [6, 6.07) is 0. The zero-order chi connectivity index (χ0) is 11.1. The lowest BCUT2D eigenvalue weighted by Gasteiger charge is -2.14. The van der Waals surface area contributed by atoms with Crippen LogP contribution in [0.25, 0.3) is 0 Å². The summed E-state index contributed by atoms with van der Waals surface area (Å²) in [5.74, 6) is -2.80. The van der Waals surface area contributed by atoms with E-state index in [0.29, 0.717) is 12.2 Å². The largest absolute Gasteiger partial charge is 0.545 e. The standard InChI is InChI=1S/C4H12N.C4H4O4.H3N/c1-5(2,3)4;5-3(6)1-2-4(7)8;/h1-4H3;1-2H,(H,5,6)(H,7,8);1H3/q+1;;/p-1/b;2-1-;. The van der Waals surface area contributed by atoms with Gasteiger partial charge in [0, 0.05) is 6.08 Å². The quantitative estimate of drug-likeness (QED) is 0.438. The van der Waals surface area contributed by atoms with Crippen LogP contribution in [0.15, 0.2) is 12.2 Å². The molecule has 0 aliphatic heterocycles. The number of carboxylic acid groups (broad SMARTS) is 2. The van der Waals surface area contributed by atoms with Gasteiger partial charge in [0.15, 0.2) is 0 Å². The third-order valence-corrected chi connectivity index (χ3v) is 0.362. The maximum atomic E-state index is 9.53. The summed E-state index contributed by atoms with van der Waals surface area (Å²) in [5, 5.41) is 17.2. The first kappa shape index (κ1) is 18.4. The van der Waals surface area contributed by atoms with Crippen LogP contribution in [0.1, 0.15) is 0 Å². The van der Waals surface area contributed by atoms with Gasteiger partial charge in [-0.25, -0.2) is 4.79 Å². The van der Waals surface area contributed by atoms with Gasteiger partial charge in [0.2, 0.25) is 0 Å². The summed E-state index contributed by atoms with van der Waals surface area (Å²) in [7, 11) is 8.50. The van der Waals surface area contributed by atoms with E-state index in [1.165, 1.54) is 0 Å². The predicted octanol–water partition coefficient (Wildman–Crippen LogP) is -1.14. The van der Waals surface area contributed by atoms with E-state index >= 15 is 0 Å². The lowest BCUT2D eigenvalue weighted by Crippen LogP contribution is -2.27. The summed E-state index contributed by atoms with van der Waals surface area (Å²) in [5.41, 5.74) is 0. The van der Waals surface area contributed by atoms with Gasteiger partial charge in [0.05, 0.1) is 34.2 Å². The second-order valence-electron chi connectivity index (χ2n) is 3.67. The smallest absolute Gasteiger partial charge is 0.328 e. The Kier molecular flexibility index (Phi) is 10.8. The first-order valence-electron chi connectivity index (χ1n) is 3.54. The second kappa shape index (κ2) is 8.21. The van der Waals surface area contributed by atoms with Crippen LogP contribution in [-0.2, 0) is 9.59 Å². The molecule has 6 nitrogen and oxygen atoms in total. The van der Waals surface area contributed by atoms with Gasteiger partial charge >= 0.3 is 5.97 Å². The number of hydrogen-bond donors (Lipinski definition) is 2. The zero-order valence-electron chi connectivity index (χ0n) is 8.98. The summed E-state index contributed by atoms with van der Waals surface area (Å²) in [6.07, 6.45) is 0.942. The fourth-order valence-corrected chi connectivity index (χ4v) is 0.139. The highest BCUT2D eigenvalue weighted by Crippen LogP contribution is 1.73. The summed E-state index contributed by atoms with van der Waals surface area (Å²) in [6.45, 7) is 0. The first-order valence-corrected chi connectivity index (χ1v) is 3.54. The third kappa shape index (κ3) is 75.4. The van der Waals surface area contributed by atoms with Crippen molar-refractivity contribution in [1.29, 1.82) is 0 Å². The van der Waals surface area contributed by atoms with E-state index in [2.05, 4.69) is 28.2 Å². The molecule has 0 rings (SSSR count). The van der Waals surface area contributed by atoms with Crippen molar-refractivity contribution in [3.63, 3.8) is 0 Å². The van der Waals surface area contributed by atoms with Crippen molar-refractivity contribution in [2.24, 2.45) is 0 Å². The molecule has 4 N–H and O–H groups in total. The molecule has 0 saturated heterocycles. The minimum Gasteiger partial charge on any atom is -0.545 e. The van der Waals surface area contributed by atoms with Gasteiger partial charge in [-0.2, -0.15) is 0 Å².